The van der Waals surface area contributed by atoms with Crippen LogP contribution in [0.5, 0.6) is 0 Å². The molecule has 1 aromatic heterocycles. The number of amides is 1. The number of nitrogens with one attached hydrogen (secondary N) is 1. The van der Waals surface area contributed by atoms with Crippen LogP contribution in [-0.2, 0) is 6.54 Å². The van der Waals surface area contributed by atoms with Gasteiger partial charge in [-0.1, -0.05) is 12.1 Å². The van der Waals surface area contributed by atoms with Crippen LogP contribution < -0.4 is 5.32 Å². The molecule has 28 heavy (non-hydrogen) atoms. The summed E-state index contributed by atoms with van der Waals surface area (Å²) in [5.74, 6) is -2.23. The van der Waals surface area contributed by atoms with Gasteiger partial charge in [-0.25, -0.2) is 18.3 Å². The number of aromatic nitrogens is 2. The third kappa shape index (κ3) is 3.80. The second-order valence-electron chi connectivity index (χ2n) is 5.96. The Balaban J connectivity index is 1.96. The molecule has 0 saturated heterocycles. The molecule has 0 spiro atoms. The molecule has 0 aliphatic heterocycles. The maximum absolute atomic E-state index is 14.2. The van der Waals surface area contributed by atoms with E-state index in [4.69, 9.17) is 5.11 Å². The van der Waals surface area contributed by atoms with Crippen molar-refractivity contribution in [2.24, 2.45) is 0 Å². The van der Waals surface area contributed by atoms with E-state index in [-0.39, 0.29) is 6.54 Å². The maximum Gasteiger partial charge on any atom is 0.404 e. The van der Waals surface area contributed by atoms with Gasteiger partial charge in [0.25, 0.3) is 5.69 Å². The summed E-state index contributed by atoms with van der Waals surface area (Å²) in [6.07, 6.45) is 0.177. The number of aryl methyl sites for hydroxylation is 1. The molecule has 2 aromatic carbocycles. The summed E-state index contributed by atoms with van der Waals surface area (Å²) in [6.45, 7) is 1.92. The Hall–Kier alpha value is -3.82. The smallest absolute Gasteiger partial charge is 0.404 e. The number of halogens is 2. The highest BCUT2D eigenvalue weighted by atomic mass is 19.1. The maximum atomic E-state index is 14.2. The van der Waals surface area contributed by atoms with Crippen molar-refractivity contribution in [1.82, 2.24) is 15.1 Å². The van der Waals surface area contributed by atoms with Gasteiger partial charge in [0.1, 0.15) is 5.69 Å². The van der Waals surface area contributed by atoms with E-state index in [2.05, 4.69) is 10.4 Å². The first-order valence-electron chi connectivity index (χ1n) is 8.02. The molecule has 1 amide bonds. The molecular weight excluding hydrogens is 374 g/mol. The van der Waals surface area contributed by atoms with E-state index >= 15 is 0 Å². The van der Waals surface area contributed by atoms with Gasteiger partial charge in [-0.05, 0) is 30.2 Å². The summed E-state index contributed by atoms with van der Waals surface area (Å²) in [5.41, 5.74) is 1.38. The highest BCUT2D eigenvalue weighted by Gasteiger charge is 2.19. The Labute approximate surface area is 157 Å². The second kappa shape index (κ2) is 7.43. The van der Waals surface area contributed by atoms with Crippen LogP contribution >= 0.6 is 0 Å². The molecule has 8 nitrogen and oxygen atoms in total. The lowest BCUT2D eigenvalue weighted by Gasteiger charge is -2.08. The Morgan fingerprint density at radius 2 is 1.93 bits per heavy atom. The number of nitro benzene ring substituents is 1. The van der Waals surface area contributed by atoms with Crippen LogP contribution in [0.4, 0.5) is 19.3 Å². The molecule has 0 radical (unpaired) electrons. The zero-order valence-electron chi connectivity index (χ0n) is 14.5. The predicted molar refractivity (Wildman–Crippen MR) is 95.2 cm³/mol. The number of nitro groups is 1. The molecule has 3 aromatic rings. The number of nitrogens with zero attached hydrogens (tertiary/aromatic N) is 3. The van der Waals surface area contributed by atoms with Gasteiger partial charge in [-0.2, -0.15) is 5.10 Å². The van der Waals surface area contributed by atoms with Crippen LogP contribution in [0.1, 0.15) is 11.1 Å². The first kappa shape index (κ1) is 19.0. The van der Waals surface area contributed by atoms with Crippen LogP contribution in [0, 0.1) is 28.7 Å². The van der Waals surface area contributed by atoms with Crippen LogP contribution in [0.3, 0.4) is 0 Å². The molecule has 0 aliphatic carbocycles. The fourth-order valence-corrected chi connectivity index (χ4v) is 2.67. The van der Waals surface area contributed by atoms with E-state index < -0.39 is 34.0 Å². The van der Waals surface area contributed by atoms with E-state index in [1.807, 2.05) is 6.92 Å². The number of carbonyl (C=O) groups is 1. The fourth-order valence-electron chi connectivity index (χ4n) is 2.67. The Bertz CT molecular complexity index is 1060. The zero-order chi connectivity index (χ0) is 20.4. The van der Waals surface area contributed by atoms with Crippen molar-refractivity contribution in [3.8, 4) is 16.9 Å². The lowest BCUT2D eigenvalue weighted by molar-refractivity contribution is -0.385. The van der Waals surface area contributed by atoms with E-state index in [0.29, 0.717) is 23.4 Å². The third-order valence-corrected chi connectivity index (χ3v) is 4.11. The Kier molecular flexibility index (Phi) is 5.03. The predicted octanol–water partition coefficient (Wildman–Crippen LogP) is 3.80. The summed E-state index contributed by atoms with van der Waals surface area (Å²) in [7, 11) is 0. The van der Waals surface area contributed by atoms with Crippen LogP contribution in [0.15, 0.2) is 42.6 Å². The molecule has 3 rings (SSSR count). The zero-order valence-corrected chi connectivity index (χ0v) is 14.5. The van der Waals surface area contributed by atoms with Crippen molar-refractivity contribution < 1.29 is 23.6 Å². The summed E-state index contributed by atoms with van der Waals surface area (Å²) >= 11 is 0. The van der Waals surface area contributed by atoms with Crippen LogP contribution in [0.25, 0.3) is 16.9 Å². The molecule has 0 atom stereocenters. The fraction of sp³-hybridized carbons (Fsp3) is 0.111. The average Bonchev–Trinajstić information content (AvgIpc) is 3.09. The van der Waals surface area contributed by atoms with Gasteiger partial charge in [0.15, 0.2) is 11.6 Å². The topological polar surface area (TPSA) is 110 Å². The minimum absolute atomic E-state index is 0.0985. The molecule has 0 fully saturated rings. The Morgan fingerprint density at radius 1 is 1.25 bits per heavy atom. The lowest BCUT2D eigenvalue weighted by Crippen LogP contribution is -2.20. The van der Waals surface area contributed by atoms with Crippen LogP contribution in [0.2, 0.25) is 0 Å². The van der Waals surface area contributed by atoms with Gasteiger partial charge in [0.2, 0.25) is 0 Å². The number of hydrogen-bond donors (Lipinski definition) is 2. The van der Waals surface area contributed by atoms with Gasteiger partial charge in [-0.3, -0.25) is 10.1 Å². The number of carboxylic acid groups (broad SMARTS) is 1. The number of benzene rings is 2. The molecule has 0 aliphatic rings. The summed E-state index contributed by atoms with van der Waals surface area (Å²) in [5, 5.41) is 25.9. The lowest BCUT2D eigenvalue weighted by atomic mass is 10.0. The highest BCUT2D eigenvalue weighted by molar-refractivity contribution is 5.65. The first-order valence-corrected chi connectivity index (χ1v) is 8.02. The minimum atomic E-state index is -1.15. The van der Waals surface area contributed by atoms with E-state index in [1.54, 1.807) is 18.2 Å². The number of hydrogen-bond acceptors (Lipinski definition) is 4. The van der Waals surface area contributed by atoms with Gasteiger partial charge in [-0.15, -0.1) is 0 Å². The van der Waals surface area contributed by atoms with Crippen molar-refractivity contribution in [2.75, 3.05) is 0 Å². The van der Waals surface area contributed by atoms with Gasteiger partial charge >= 0.3 is 6.09 Å². The number of rotatable bonds is 5. The van der Waals surface area contributed by atoms with Gasteiger partial charge in [0, 0.05) is 18.3 Å². The van der Waals surface area contributed by atoms with E-state index in [0.717, 1.165) is 15.8 Å². The van der Waals surface area contributed by atoms with E-state index in [1.165, 1.54) is 12.3 Å². The molecule has 0 saturated carbocycles. The normalized spacial score (nSPS) is 10.7. The standard InChI is InChI=1S/C18H14F2N4O4/c1-10-2-3-11(6-12(10)9-21-18(25)26)16-4-5-23(22-16)17-14(19)7-13(24(27)28)8-15(17)20/h2-8,21H,9H2,1H3,(H,25,26). The molecule has 1 heterocycles. The molecule has 0 unspecified atom stereocenters. The molecule has 2 N–H and O–H groups in total. The average molecular weight is 388 g/mol. The van der Waals surface area contributed by atoms with Gasteiger partial charge in [0.05, 0.1) is 22.7 Å². The quantitative estimate of drug-likeness (QED) is 0.510. The van der Waals surface area contributed by atoms with E-state index in [9.17, 15) is 23.7 Å². The second-order valence-corrected chi connectivity index (χ2v) is 5.96. The molecule has 144 valence electrons. The molecular formula is C18H14F2N4O4. The minimum Gasteiger partial charge on any atom is -0.465 e. The third-order valence-electron chi connectivity index (χ3n) is 4.11. The first-order chi connectivity index (χ1) is 13.3. The highest BCUT2D eigenvalue weighted by Crippen LogP contribution is 2.26. The van der Waals surface area contributed by atoms with Crippen molar-refractivity contribution >= 4 is 11.8 Å². The van der Waals surface area contributed by atoms with Gasteiger partial charge < -0.3 is 10.4 Å². The SMILES string of the molecule is Cc1ccc(-c2ccn(-c3c(F)cc([N+](=O)[O-])cc3F)n2)cc1CNC(=O)O. The molecule has 10 heteroatoms. The van der Waals surface area contributed by atoms with Crippen molar-refractivity contribution in [3.63, 3.8) is 0 Å². The van der Waals surface area contributed by atoms with Crippen LogP contribution in [-0.4, -0.2) is 25.9 Å². The van der Waals surface area contributed by atoms with Crippen molar-refractivity contribution in [3.05, 3.63) is 75.5 Å². The summed E-state index contributed by atoms with van der Waals surface area (Å²) in [6, 6.07) is 8.03. The summed E-state index contributed by atoms with van der Waals surface area (Å²) < 4.78 is 29.3. The number of non-ortho nitro benzene ring substituents is 1. The van der Waals surface area contributed by atoms with Crippen molar-refractivity contribution in [1.29, 1.82) is 0 Å². The Morgan fingerprint density at radius 3 is 2.54 bits per heavy atom. The summed E-state index contributed by atoms with van der Waals surface area (Å²) in [4.78, 5) is 20.5. The monoisotopic (exact) mass is 388 g/mol. The van der Waals surface area contributed by atoms with Crippen molar-refractivity contribution in [2.45, 2.75) is 13.5 Å². The largest absolute Gasteiger partial charge is 0.465 e. The molecule has 0 bridgehead atoms.